The zero-order valence-electron chi connectivity index (χ0n) is 16.4. The molecule has 6 heteroatoms. The zero-order valence-corrected chi connectivity index (χ0v) is 16.4. The van der Waals surface area contributed by atoms with Crippen molar-refractivity contribution in [2.75, 3.05) is 10.2 Å². The summed E-state index contributed by atoms with van der Waals surface area (Å²) in [5.74, 6) is -0.756. The maximum absolute atomic E-state index is 12.8. The maximum Gasteiger partial charge on any atom is 0.265 e. The number of imide groups is 1. The first-order chi connectivity index (χ1) is 14.5. The Morgan fingerprint density at radius 3 is 2.33 bits per heavy atom. The van der Waals surface area contributed by atoms with Crippen LogP contribution in [0.2, 0.25) is 0 Å². The molecule has 150 valence electrons. The molecule has 2 aromatic rings. The molecule has 0 radical (unpaired) electrons. The number of hydrogen-bond acceptors (Lipinski definition) is 4. The van der Waals surface area contributed by atoms with E-state index < -0.39 is 0 Å². The molecule has 3 heterocycles. The average Bonchev–Trinajstić information content (AvgIpc) is 3.38. The molecule has 0 saturated carbocycles. The van der Waals surface area contributed by atoms with Crippen molar-refractivity contribution in [2.45, 2.75) is 32.0 Å². The molecule has 5 rings (SSSR count). The lowest BCUT2D eigenvalue weighted by atomic mass is 10.0. The number of nitrogens with one attached hydrogen (secondary N) is 1. The van der Waals surface area contributed by atoms with Crippen LogP contribution in [0, 0.1) is 0 Å². The Balaban J connectivity index is 1.40. The summed E-state index contributed by atoms with van der Waals surface area (Å²) < 4.78 is 6.12. The maximum atomic E-state index is 12.8. The predicted molar refractivity (Wildman–Crippen MR) is 114 cm³/mol. The molecule has 2 unspecified atom stereocenters. The van der Waals surface area contributed by atoms with Gasteiger partial charge in [0.1, 0.15) is 0 Å². The van der Waals surface area contributed by atoms with Crippen molar-refractivity contribution in [1.29, 1.82) is 0 Å². The number of anilines is 2. The monoisotopic (exact) mass is 400 g/mol. The largest absolute Gasteiger partial charge is 0.367 e. The van der Waals surface area contributed by atoms with E-state index in [1.807, 2.05) is 54.6 Å². The number of fused-ring (bicyclic) bond motifs is 2. The summed E-state index contributed by atoms with van der Waals surface area (Å²) in [4.78, 5) is 38.4. The minimum Gasteiger partial charge on any atom is -0.367 e. The van der Waals surface area contributed by atoms with Gasteiger partial charge in [0, 0.05) is 34.9 Å². The molecule has 3 amide bonds. The predicted octanol–water partition coefficient (Wildman–Crippen LogP) is 3.55. The standard InChI is InChI=1S/C24H20N2O4/c1-14(27)26-22-9-5-3-7-18(22)20(24(26)29)13-16-11-10-15(30-16)12-19-17-6-2-4-8-21(17)25-23(19)28/h2-9,12-13,15-16H,10-11H2,1H3,(H,25,28)/b19-12+,20-13+. The fraction of sp³-hybridized carbons (Fsp3) is 0.208. The van der Waals surface area contributed by atoms with Crippen molar-refractivity contribution in [1.82, 2.24) is 0 Å². The van der Waals surface area contributed by atoms with Gasteiger partial charge < -0.3 is 10.1 Å². The minimum atomic E-state index is -0.321. The summed E-state index contributed by atoms with van der Waals surface area (Å²) in [6.45, 7) is 1.39. The second kappa shape index (κ2) is 7.07. The summed E-state index contributed by atoms with van der Waals surface area (Å²) in [6, 6.07) is 14.9. The number of para-hydroxylation sites is 2. The highest BCUT2D eigenvalue weighted by Crippen LogP contribution is 2.39. The second-order valence-corrected chi connectivity index (χ2v) is 7.63. The van der Waals surface area contributed by atoms with Crippen molar-refractivity contribution < 1.29 is 19.1 Å². The Morgan fingerprint density at radius 2 is 1.60 bits per heavy atom. The van der Waals surface area contributed by atoms with Crippen molar-refractivity contribution in [3.63, 3.8) is 0 Å². The van der Waals surface area contributed by atoms with Gasteiger partial charge in [-0.2, -0.15) is 0 Å². The lowest BCUT2D eigenvalue weighted by Gasteiger charge is -2.12. The first kappa shape index (κ1) is 18.5. The van der Waals surface area contributed by atoms with Crippen LogP contribution < -0.4 is 10.2 Å². The Morgan fingerprint density at radius 1 is 0.967 bits per heavy atom. The van der Waals surface area contributed by atoms with Crippen LogP contribution in [0.15, 0.2) is 60.7 Å². The van der Waals surface area contributed by atoms with E-state index in [1.54, 1.807) is 6.07 Å². The van der Waals surface area contributed by atoms with E-state index in [9.17, 15) is 14.4 Å². The van der Waals surface area contributed by atoms with Crippen LogP contribution in [0.25, 0.3) is 11.1 Å². The van der Waals surface area contributed by atoms with Crippen LogP contribution >= 0.6 is 0 Å². The van der Waals surface area contributed by atoms with Gasteiger partial charge in [-0.15, -0.1) is 0 Å². The van der Waals surface area contributed by atoms with Gasteiger partial charge in [-0.25, -0.2) is 4.90 Å². The Labute approximate surface area is 173 Å². The fourth-order valence-corrected chi connectivity index (χ4v) is 4.33. The Kier molecular flexibility index (Phi) is 4.37. The first-order valence-electron chi connectivity index (χ1n) is 9.97. The molecular formula is C24H20N2O4. The van der Waals surface area contributed by atoms with Crippen LogP contribution in [-0.4, -0.2) is 29.9 Å². The lowest BCUT2D eigenvalue weighted by molar-refractivity contribution is -0.122. The van der Waals surface area contributed by atoms with Gasteiger partial charge in [0.2, 0.25) is 5.91 Å². The Bertz CT molecular complexity index is 1150. The van der Waals surface area contributed by atoms with Crippen LogP contribution in [0.3, 0.4) is 0 Å². The molecule has 0 aromatic heterocycles. The molecule has 3 aliphatic heterocycles. The molecule has 1 saturated heterocycles. The number of rotatable bonds is 2. The highest BCUT2D eigenvalue weighted by molar-refractivity contribution is 6.39. The molecule has 3 aliphatic rings. The number of carbonyl (C=O) groups excluding carboxylic acids is 3. The second-order valence-electron chi connectivity index (χ2n) is 7.63. The highest BCUT2D eigenvalue weighted by Gasteiger charge is 2.36. The van der Waals surface area contributed by atoms with Crippen molar-refractivity contribution in [3.8, 4) is 0 Å². The molecule has 1 fully saturated rings. The van der Waals surface area contributed by atoms with Crippen molar-refractivity contribution in [2.24, 2.45) is 0 Å². The first-order valence-corrected chi connectivity index (χ1v) is 9.97. The van der Waals surface area contributed by atoms with Crippen LogP contribution in [0.1, 0.15) is 30.9 Å². The molecular weight excluding hydrogens is 380 g/mol. The number of amides is 3. The van der Waals surface area contributed by atoms with E-state index in [0.717, 1.165) is 29.7 Å². The van der Waals surface area contributed by atoms with E-state index in [2.05, 4.69) is 5.32 Å². The van der Waals surface area contributed by atoms with Gasteiger partial charge in [0.05, 0.1) is 17.9 Å². The van der Waals surface area contributed by atoms with Gasteiger partial charge in [-0.3, -0.25) is 14.4 Å². The summed E-state index contributed by atoms with van der Waals surface area (Å²) >= 11 is 0. The van der Waals surface area contributed by atoms with Gasteiger partial charge in [-0.05, 0) is 37.1 Å². The third-order valence-electron chi connectivity index (χ3n) is 5.68. The summed E-state index contributed by atoms with van der Waals surface area (Å²) in [6.07, 6.45) is 4.69. The van der Waals surface area contributed by atoms with E-state index in [1.165, 1.54) is 11.8 Å². The van der Waals surface area contributed by atoms with Crippen LogP contribution in [0.4, 0.5) is 11.4 Å². The van der Waals surface area contributed by atoms with Crippen molar-refractivity contribution in [3.05, 3.63) is 71.8 Å². The topological polar surface area (TPSA) is 75.7 Å². The van der Waals surface area contributed by atoms with Gasteiger partial charge in [-0.1, -0.05) is 36.4 Å². The number of benzene rings is 2. The molecule has 1 N–H and O–H groups in total. The minimum absolute atomic E-state index is 0.126. The van der Waals surface area contributed by atoms with E-state index >= 15 is 0 Å². The lowest BCUT2D eigenvalue weighted by Crippen LogP contribution is -2.31. The molecule has 30 heavy (non-hydrogen) atoms. The smallest absolute Gasteiger partial charge is 0.265 e. The summed E-state index contributed by atoms with van der Waals surface area (Å²) in [5.41, 5.74) is 4.15. The van der Waals surface area contributed by atoms with Crippen molar-refractivity contribution >= 4 is 40.2 Å². The van der Waals surface area contributed by atoms with E-state index in [0.29, 0.717) is 16.8 Å². The molecule has 0 spiro atoms. The quantitative estimate of drug-likeness (QED) is 0.783. The van der Waals surface area contributed by atoms with Gasteiger partial charge in [0.15, 0.2) is 0 Å². The van der Waals surface area contributed by atoms with Gasteiger partial charge in [0.25, 0.3) is 11.8 Å². The zero-order chi connectivity index (χ0) is 20.8. The third kappa shape index (κ3) is 2.97. The normalized spacial score (nSPS) is 25.0. The highest BCUT2D eigenvalue weighted by atomic mass is 16.5. The molecule has 2 aromatic carbocycles. The summed E-state index contributed by atoms with van der Waals surface area (Å²) in [5, 5.41) is 2.87. The van der Waals surface area contributed by atoms with E-state index in [4.69, 9.17) is 4.74 Å². The van der Waals surface area contributed by atoms with E-state index in [-0.39, 0.29) is 29.9 Å². The number of hydrogen-bond donors (Lipinski definition) is 1. The number of nitrogens with zero attached hydrogens (tertiary/aromatic N) is 1. The molecule has 2 atom stereocenters. The van der Waals surface area contributed by atoms with Crippen LogP contribution in [-0.2, 0) is 19.1 Å². The Hall–Kier alpha value is -3.51. The molecule has 6 nitrogen and oxygen atoms in total. The fourth-order valence-electron chi connectivity index (χ4n) is 4.33. The average molecular weight is 400 g/mol. The van der Waals surface area contributed by atoms with Gasteiger partial charge >= 0.3 is 0 Å². The molecule has 0 bridgehead atoms. The number of carbonyl (C=O) groups is 3. The summed E-state index contributed by atoms with van der Waals surface area (Å²) in [7, 11) is 0. The SMILES string of the molecule is CC(=O)N1C(=O)/C(=C/C2CCC(/C=C3/C(=O)Nc4ccccc43)O2)c2ccccc21. The third-order valence-corrected chi connectivity index (χ3v) is 5.68. The molecule has 0 aliphatic carbocycles. The van der Waals surface area contributed by atoms with Crippen LogP contribution in [0.5, 0.6) is 0 Å². The number of ether oxygens (including phenoxy) is 1.